The molecule has 2 aromatic carbocycles. The lowest BCUT2D eigenvalue weighted by Gasteiger charge is -2.23. The number of rotatable bonds is 8. The topological polar surface area (TPSA) is 40.5 Å². The van der Waals surface area contributed by atoms with Gasteiger partial charge in [0.05, 0.1) is 12.2 Å². The second-order valence-electron chi connectivity index (χ2n) is 7.24. The molecule has 0 amide bonds. The molecule has 0 heterocycles. The smallest absolute Gasteiger partial charge is 0.0796 e. The molecule has 2 unspecified atom stereocenters. The molecule has 0 bridgehead atoms. The molecule has 1 aliphatic rings. The Bertz CT molecular complexity index is 720. The number of unbranched alkanes of at least 4 members (excludes halogenated alkanes) is 2. The lowest BCUT2D eigenvalue weighted by molar-refractivity contribution is 0.140. The molecule has 0 aliphatic heterocycles. The molecule has 25 heavy (non-hydrogen) atoms. The Labute approximate surface area is 151 Å². The Morgan fingerprint density at radius 1 is 0.840 bits per heavy atom. The molecule has 0 saturated heterocycles. The number of fused-ring (bicyclic) bond motifs is 3. The molecule has 2 heteroatoms. The van der Waals surface area contributed by atoms with Gasteiger partial charge in [-0.25, -0.2) is 0 Å². The van der Waals surface area contributed by atoms with Crippen molar-refractivity contribution < 1.29 is 10.2 Å². The van der Waals surface area contributed by atoms with Gasteiger partial charge in [0.1, 0.15) is 0 Å². The fourth-order valence-corrected chi connectivity index (χ4v) is 4.03. The molecule has 2 atom stereocenters. The van der Waals surface area contributed by atoms with E-state index in [0.717, 1.165) is 56.1 Å². The highest BCUT2D eigenvalue weighted by Crippen LogP contribution is 2.43. The Morgan fingerprint density at radius 2 is 1.52 bits per heavy atom. The molecule has 134 valence electrons. The summed E-state index contributed by atoms with van der Waals surface area (Å²) in [4.78, 5) is 0. The standard InChI is InChI=1S/C23H30O2/c1-3-5-11-21(24)19-14-13-18-17-10-8-7-9-16(17)15-20(18)23(19)22(25)12-6-4-2/h7-10,13-14,21-22,24-25H,3-6,11-12,15H2,1-2H3. The first-order valence-electron chi connectivity index (χ1n) is 9.77. The van der Waals surface area contributed by atoms with Gasteiger partial charge in [-0.05, 0) is 52.6 Å². The number of aliphatic hydroxyl groups excluding tert-OH is 2. The third-order valence-electron chi connectivity index (χ3n) is 5.42. The van der Waals surface area contributed by atoms with E-state index in [-0.39, 0.29) is 0 Å². The number of hydrogen-bond acceptors (Lipinski definition) is 2. The number of hydrogen-bond donors (Lipinski definition) is 2. The third kappa shape index (κ3) is 3.65. The minimum Gasteiger partial charge on any atom is -0.388 e. The van der Waals surface area contributed by atoms with Gasteiger partial charge in [0.15, 0.2) is 0 Å². The quantitative estimate of drug-likeness (QED) is 0.552. The molecule has 0 aromatic heterocycles. The molecule has 0 radical (unpaired) electrons. The predicted molar refractivity (Wildman–Crippen MR) is 104 cm³/mol. The maximum Gasteiger partial charge on any atom is 0.0796 e. The van der Waals surface area contributed by atoms with Crippen LogP contribution in [0.2, 0.25) is 0 Å². The van der Waals surface area contributed by atoms with E-state index >= 15 is 0 Å². The summed E-state index contributed by atoms with van der Waals surface area (Å²) < 4.78 is 0. The van der Waals surface area contributed by atoms with Crippen molar-refractivity contribution in [3.8, 4) is 11.1 Å². The van der Waals surface area contributed by atoms with Crippen molar-refractivity contribution in [1.29, 1.82) is 0 Å². The van der Waals surface area contributed by atoms with Crippen molar-refractivity contribution in [2.24, 2.45) is 0 Å². The second-order valence-corrected chi connectivity index (χ2v) is 7.24. The number of aliphatic hydroxyl groups is 2. The maximum absolute atomic E-state index is 10.9. The summed E-state index contributed by atoms with van der Waals surface area (Å²) in [6, 6.07) is 12.7. The summed E-state index contributed by atoms with van der Waals surface area (Å²) in [5, 5.41) is 21.7. The molecule has 0 fully saturated rings. The molecule has 1 aliphatic carbocycles. The minimum absolute atomic E-state index is 0.486. The van der Waals surface area contributed by atoms with Crippen LogP contribution in [0, 0.1) is 0 Å². The van der Waals surface area contributed by atoms with Crippen LogP contribution in [0.15, 0.2) is 36.4 Å². The summed E-state index contributed by atoms with van der Waals surface area (Å²) in [5.41, 5.74) is 6.97. The Morgan fingerprint density at radius 3 is 2.24 bits per heavy atom. The summed E-state index contributed by atoms with van der Waals surface area (Å²) >= 11 is 0. The van der Waals surface area contributed by atoms with Crippen LogP contribution in [-0.2, 0) is 6.42 Å². The largest absolute Gasteiger partial charge is 0.388 e. The van der Waals surface area contributed by atoms with E-state index in [1.807, 2.05) is 6.07 Å². The van der Waals surface area contributed by atoms with Gasteiger partial charge < -0.3 is 10.2 Å². The fraction of sp³-hybridized carbons (Fsp3) is 0.478. The van der Waals surface area contributed by atoms with Gasteiger partial charge in [-0.15, -0.1) is 0 Å². The van der Waals surface area contributed by atoms with Crippen molar-refractivity contribution in [3.63, 3.8) is 0 Å². The summed E-state index contributed by atoms with van der Waals surface area (Å²) in [5.74, 6) is 0. The SMILES string of the molecule is CCCCC(O)c1ccc2c(c1C(O)CCCC)Cc1ccccc1-2. The van der Waals surface area contributed by atoms with Crippen LogP contribution in [-0.4, -0.2) is 10.2 Å². The first-order chi connectivity index (χ1) is 12.2. The van der Waals surface area contributed by atoms with Crippen molar-refractivity contribution >= 4 is 0 Å². The molecular formula is C23H30O2. The van der Waals surface area contributed by atoms with Crippen LogP contribution in [0.3, 0.4) is 0 Å². The molecule has 2 N–H and O–H groups in total. The van der Waals surface area contributed by atoms with Crippen LogP contribution in [0.25, 0.3) is 11.1 Å². The van der Waals surface area contributed by atoms with E-state index in [4.69, 9.17) is 0 Å². The van der Waals surface area contributed by atoms with Crippen LogP contribution in [0.1, 0.15) is 86.8 Å². The van der Waals surface area contributed by atoms with E-state index in [1.165, 1.54) is 22.3 Å². The number of benzene rings is 2. The van der Waals surface area contributed by atoms with Crippen molar-refractivity contribution in [2.75, 3.05) is 0 Å². The van der Waals surface area contributed by atoms with Crippen molar-refractivity contribution in [3.05, 3.63) is 58.7 Å². The molecule has 2 aromatic rings. The summed E-state index contributed by atoms with van der Waals surface area (Å²) in [7, 11) is 0. The Hall–Kier alpha value is -1.64. The van der Waals surface area contributed by atoms with Crippen LogP contribution < -0.4 is 0 Å². The average molecular weight is 338 g/mol. The molecule has 0 saturated carbocycles. The zero-order chi connectivity index (χ0) is 17.8. The second kappa shape index (κ2) is 8.16. The van der Waals surface area contributed by atoms with Crippen LogP contribution >= 0.6 is 0 Å². The lowest BCUT2D eigenvalue weighted by atomic mass is 9.87. The molecule has 2 nitrogen and oxygen atoms in total. The van der Waals surface area contributed by atoms with E-state index in [0.29, 0.717) is 0 Å². The molecular weight excluding hydrogens is 308 g/mol. The molecule has 3 rings (SSSR count). The first kappa shape index (κ1) is 18.2. The van der Waals surface area contributed by atoms with Gasteiger partial charge in [0.2, 0.25) is 0 Å². The van der Waals surface area contributed by atoms with Crippen molar-refractivity contribution in [1.82, 2.24) is 0 Å². The summed E-state index contributed by atoms with van der Waals surface area (Å²) in [6.07, 6.45) is 5.55. The van der Waals surface area contributed by atoms with Crippen LogP contribution in [0.5, 0.6) is 0 Å². The van der Waals surface area contributed by atoms with Gasteiger partial charge in [0, 0.05) is 0 Å². The lowest BCUT2D eigenvalue weighted by Crippen LogP contribution is -2.10. The van der Waals surface area contributed by atoms with E-state index in [1.54, 1.807) is 0 Å². The van der Waals surface area contributed by atoms with Gasteiger partial charge in [-0.1, -0.05) is 75.9 Å². The Balaban J connectivity index is 2.04. The normalized spacial score (nSPS) is 14.9. The highest BCUT2D eigenvalue weighted by atomic mass is 16.3. The first-order valence-corrected chi connectivity index (χ1v) is 9.77. The Kier molecular flexibility index (Phi) is 5.93. The van der Waals surface area contributed by atoms with E-state index in [2.05, 4.69) is 44.2 Å². The molecule has 0 spiro atoms. The average Bonchev–Trinajstić information content (AvgIpc) is 3.01. The van der Waals surface area contributed by atoms with Crippen molar-refractivity contribution in [2.45, 2.75) is 71.0 Å². The highest BCUT2D eigenvalue weighted by Gasteiger charge is 2.27. The predicted octanol–water partition coefficient (Wildman–Crippen LogP) is 5.71. The minimum atomic E-state index is -0.490. The highest BCUT2D eigenvalue weighted by molar-refractivity contribution is 5.78. The van der Waals surface area contributed by atoms with Gasteiger partial charge >= 0.3 is 0 Å². The maximum atomic E-state index is 10.9. The van der Waals surface area contributed by atoms with Crippen LogP contribution in [0.4, 0.5) is 0 Å². The van der Waals surface area contributed by atoms with Gasteiger partial charge in [0.25, 0.3) is 0 Å². The third-order valence-corrected chi connectivity index (χ3v) is 5.42. The van der Waals surface area contributed by atoms with E-state index in [9.17, 15) is 10.2 Å². The monoisotopic (exact) mass is 338 g/mol. The van der Waals surface area contributed by atoms with Gasteiger partial charge in [-0.2, -0.15) is 0 Å². The van der Waals surface area contributed by atoms with E-state index < -0.39 is 12.2 Å². The summed E-state index contributed by atoms with van der Waals surface area (Å²) in [6.45, 7) is 4.29. The zero-order valence-corrected chi connectivity index (χ0v) is 15.5. The van der Waals surface area contributed by atoms with Gasteiger partial charge in [-0.3, -0.25) is 0 Å². The zero-order valence-electron chi connectivity index (χ0n) is 15.5. The fourth-order valence-electron chi connectivity index (χ4n) is 4.03.